The lowest BCUT2D eigenvalue weighted by Gasteiger charge is -2.35. The van der Waals surface area contributed by atoms with Gasteiger partial charge in [-0.3, -0.25) is 0 Å². The predicted octanol–water partition coefficient (Wildman–Crippen LogP) is 4.05. The Labute approximate surface area is 137 Å². The van der Waals surface area contributed by atoms with Gasteiger partial charge in [-0.1, -0.05) is 26.7 Å². The van der Waals surface area contributed by atoms with Crippen LogP contribution in [0.15, 0.2) is 0 Å². The third-order valence-electron chi connectivity index (χ3n) is 4.46. The van der Waals surface area contributed by atoms with Gasteiger partial charge in [-0.25, -0.2) is 4.79 Å². The van der Waals surface area contributed by atoms with E-state index in [-0.39, 0.29) is 6.09 Å². The Balaban J connectivity index is 2.25. The largest absolute Gasteiger partial charge is 0.444 e. The van der Waals surface area contributed by atoms with Crippen LogP contribution in [0.1, 0.15) is 66.7 Å². The Hall–Kier alpha value is -0.770. The summed E-state index contributed by atoms with van der Waals surface area (Å²) in [5.74, 6) is 1.56. The molecule has 1 saturated carbocycles. The van der Waals surface area contributed by atoms with E-state index in [1.807, 2.05) is 27.8 Å². The van der Waals surface area contributed by atoms with Gasteiger partial charge in [0.2, 0.25) is 0 Å². The highest BCUT2D eigenvalue weighted by atomic mass is 16.6. The molecule has 0 aromatic carbocycles. The molecule has 22 heavy (non-hydrogen) atoms. The topological polar surface area (TPSA) is 41.6 Å². The molecule has 0 bridgehead atoms. The Morgan fingerprint density at radius 3 is 2.50 bits per heavy atom. The first-order valence-corrected chi connectivity index (χ1v) is 8.88. The number of carbonyl (C=O) groups is 1. The van der Waals surface area contributed by atoms with Gasteiger partial charge in [0.05, 0.1) is 0 Å². The van der Waals surface area contributed by atoms with E-state index in [2.05, 4.69) is 19.2 Å². The molecule has 2 atom stereocenters. The van der Waals surface area contributed by atoms with Crippen LogP contribution < -0.4 is 5.32 Å². The van der Waals surface area contributed by atoms with Gasteiger partial charge >= 0.3 is 6.09 Å². The maximum atomic E-state index is 11.9. The zero-order valence-electron chi connectivity index (χ0n) is 15.4. The number of amides is 1. The molecule has 1 fully saturated rings. The van der Waals surface area contributed by atoms with Crippen molar-refractivity contribution in [2.24, 2.45) is 11.8 Å². The number of nitrogens with one attached hydrogen (secondary N) is 1. The highest BCUT2D eigenvalue weighted by molar-refractivity contribution is 5.67. The van der Waals surface area contributed by atoms with Crippen LogP contribution in [0.4, 0.5) is 4.79 Å². The van der Waals surface area contributed by atoms with Gasteiger partial charge in [-0.05, 0) is 58.4 Å². The fraction of sp³-hybridized carbons (Fsp3) is 0.944. The van der Waals surface area contributed by atoms with E-state index in [4.69, 9.17) is 4.74 Å². The first-order chi connectivity index (χ1) is 10.2. The van der Waals surface area contributed by atoms with Crippen molar-refractivity contribution >= 4 is 6.09 Å². The van der Waals surface area contributed by atoms with E-state index in [0.717, 1.165) is 31.3 Å². The summed E-state index contributed by atoms with van der Waals surface area (Å²) in [6, 6.07) is 0.653. The fourth-order valence-electron chi connectivity index (χ4n) is 3.25. The van der Waals surface area contributed by atoms with Crippen molar-refractivity contribution < 1.29 is 9.53 Å². The van der Waals surface area contributed by atoms with Crippen molar-refractivity contribution in [1.29, 1.82) is 0 Å². The zero-order chi connectivity index (χ0) is 16.8. The van der Waals surface area contributed by atoms with Crippen molar-refractivity contribution in [3.63, 3.8) is 0 Å². The van der Waals surface area contributed by atoms with Crippen LogP contribution in [0, 0.1) is 11.8 Å². The van der Waals surface area contributed by atoms with Gasteiger partial charge in [0.1, 0.15) is 5.60 Å². The van der Waals surface area contributed by atoms with Crippen LogP contribution >= 0.6 is 0 Å². The molecule has 0 aliphatic heterocycles. The summed E-state index contributed by atoms with van der Waals surface area (Å²) in [4.78, 5) is 13.6. The maximum Gasteiger partial charge on any atom is 0.410 e. The normalized spacial score (nSPS) is 22.7. The third-order valence-corrected chi connectivity index (χ3v) is 4.46. The van der Waals surface area contributed by atoms with Crippen molar-refractivity contribution in [3.8, 4) is 0 Å². The van der Waals surface area contributed by atoms with E-state index in [1.165, 1.54) is 25.7 Å². The number of hydrogen-bond acceptors (Lipinski definition) is 3. The number of carbonyl (C=O) groups excluding carboxylic acids is 1. The summed E-state index contributed by atoms with van der Waals surface area (Å²) in [5, 5.41) is 3.72. The summed E-state index contributed by atoms with van der Waals surface area (Å²) in [6.45, 7) is 12.1. The second-order valence-corrected chi connectivity index (χ2v) is 8.01. The highest BCUT2D eigenvalue weighted by Crippen LogP contribution is 2.30. The highest BCUT2D eigenvalue weighted by Gasteiger charge is 2.26. The van der Waals surface area contributed by atoms with Crippen LogP contribution in [0.2, 0.25) is 0 Å². The van der Waals surface area contributed by atoms with E-state index in [0.29, 0.717) is 6.04 Å². The molecule has 0 heterocycles. The lowest BCUT2D eigenvalue weighted by atomic mass is 9.78. The average Bonchev–Trinajstić information content (AvgIpc) is 2.41. The summed E-state index contributed by atoms with van der Waals surface area (Å²) >= 11 is 0. The summed E-state index contributed by atoms with van der Waals surface area (Å²) < 4.78 is 5.36. The Morgan fingerprint density at radius 2 is 1.91 bits per heavy atom. The van der Waals surface area contributed by atoms with E-state index >= 15 is 0 Å². The fourth-order valence-corrected chi connectivity index (χ4v) is 3.25. The first kappa shape index (κ1) is 19.3. The molecular weight excluding hydrogens is 276 g/mol. The number of nitrogens with zero attached hydrogens (tertiary/aromatic N) is 1. The van der Waals surface area contributed by atoms with E-state index < -0.39 is 5.60 Å². The van der Waals surface area contributed by atoms with Crippen molar-refractivity contribution in [1.82, 2.24) is 10.2 Å². The minimum absolute atomic E-state index is 0.231. The molecule has 0 radical (unpaired) electrons. The van der Waals surface area contributed by atoms with Gasteiger partial charge in [0.25, 0.3) is 0 Å². The van der Waals surface area contributed by atoms with Gasteiger partial charge in [-0.15, -0.1) is 0 Å². The summed E-state index contributed by atoms with van der Waals surface area (Å²) in [5.41, 5.74) is -0.420. The molecule has 1 rings (SSSR count). The molecule has 0 spiro atoms. The maximum absolute atomic E-state index is 11.9. The SMILES string of the molecule is CC(C)C1CCCCC1NCCCN(C)C(=O)OC(C)(C)C. The smallest absolute Gasteiger partial charge is 0.410 e. The Kier molecular flexibility index (Phi) is 7.67. The van der Waals surface area contributed by atoms with E-state index in [1.54, 1.807) is 4.90 Å². The minimum Gasteiger partial charge on any atom is -0.444 e. The standard InChI is InChI=1S/C18H36N2O2/c1-14(2)15-10-7-8-11-16(15)19-12-9-13-20(6)17(21)22-18(3,4)5/h14-16,19H,7-13H2,1-6H3. The molecule has 130 valence electrons. The molecule has 4 heteroatoms. The molecule has 2 unspecified atom stereocenters. The van der Waals surface area contributed by atoms with Crippen LogP contribution in [-0.2, 0) is 4.74 Å². The van der Waals surface area contributed by atoms with Crippen LogP contribution in [0.25, 0.3) is 0 Å². The molecule has 0 aromatic rings. The molecule has 1 aliphatic carbocycles. The quantitative estimate of drug-likeness (QED) is 0.752. The molecule has 0 aromatic heterocycles. The van der Waals surface area contributed by atoms with Crippen molar-refractivity contribution in [2.75, 3.05) is 20.1 Å². The third kappa shape index (κ3) is 6.99. The van der Waals surface area contributed by atoms with Crippen molar-refractivity contribution in [3.05, 3.63) is 0 Å². The minimum atomic E-state index is -0.420. The molecule has 4 nitrogen and oxygen atoms in total. The lowest BCUT2D eigenvalue weighted by Crippen LogP contribution is -2.42. The second-order valence-electron chi connectivity index (χ2n) is 8.01. The van der Waals surface area contributed by atoms with Gasteiger partial charge < -0.3 is 15.0 Å². The van der Waals surface area contributed by atoms with Crippen LogP contribution in [-0.4, -0.2) is 42.8 Å². The van der Waals surface area contributed by atoms with Crippen LogP contribution in [0.5, 0.6) is 0 Å². The predicted molar refractivity (Wildman–Crippen MR) is 92.1 cm³/mol. The van der Waals surface area contributed by atoms with E-state index in [9.17, 15) is 4.79 Å². The van der Waals surface area contributed by atoms with Gasteiger partial charge in [0, 0.05) is 19.6 Å². The number of rotatable bonds is 6. The monoisotopic (exact) mass is 312 g/mol. The molecule has 1 amide bonds. The number of ether oxygens (including phenoxy) is 1. The van der Waals surface area contributed by atoms with Crippen LogP contribution in [0.3, 0.4) is 0 Å². The van der Waals surface area contributed by atoms with Crippen molar-refractivity contribution in [2.45, 2.75) is 78.4 Å². The lowest BCUT2D eigenvalue weighted by molar-refractivity contribution is 0.0296. The van der Waals surface area contributed by atoms with Gasteiger partial charge in [0.15, 0.2) is 0 Å². The van der Waals surface area contributed by atoms with Gasteiger partial charge in [-0.2, -0.15) is 0 Å². The molecule has 0 saturated heterocycles. The summed E-state index contributed by atoms with van der Waals surface area (Å²) in [7, 11) is 1.81. The summed E-state index contributed by atoms with van der Waals surface area (Å²) in [6.07, 6.45) is 6.11. The molecular formula is C18H36N2O2. The molecule has 1 aliphatic rings. The molecule has 1 N–H and O–H groups in total. The number of hydrogen-bond donors (Lipinski definition) is 1. The second kappa shape index (κ2) is 8.76. The Bertz CT molecular complexity index is 336. The zero-order valence-corrected chi connectivity index (χ0v) is 15.4. The first-order valence-electron chi connectivity index (χ1n) is 8.88. The Morgan fingerprint density at radius 1 is 1.27 bits per heavy atom. The average molecular weight is 312 g/mol.